The molecule has 0 aliphatic heterocycles. The first-order valence-corrected chi connectivity index (χ1v) is 7.44. The summed E-state index contributed by atoms with van der Waals surface area (Å²) in [4.78, 5) is 11.0. The monoisotopic (exact) mass is 258 g/mol. The molecular weight excluding hydrogens is 233 g/mol. The average Bonchev–Trinajstić information content (AvgIpc) is 2.42. The highest BCUT2D eigenvalue weighted by atomic mass is 16.5. The Hall–Kier alpha value is -1.12. The summed E-state index contributed by atoms with van der Waals surface area (Å²) in [5.41, 5.74) is 1.27. The van der Waals surface area contributed by atoms with Crippen LogP contribution in [0.2, 0.25) is 12.4 Å². The summed E-state index contributed by atoms with van der Waals surface area (Å²) in [7, 11) is 5.81. The molecule has 0 radical (unpaired) electrons. The van der Waals surface area contributed by atoms with Gasteiger partial charge in [0, 0.05) is 6.42 Å². The van der Waals surface area contributed by atoms with Crippen molar-refractivity contribution >= 4 is 28.9 Å². The van der Waals surface area contributed by atoms with Gasteiger partial charge < -0.3 is 4.74 Å². The minimum absolute atomic E-state index is 0.0940. The summed E-state index contributed by atoms with van der Waals surface area (Å²) in [6.45, 7) is 2.30. The standard InChI is InChI=1S/C12H16O2.C2H9B3/c1-2-14-12(13)10-6-9-11-7-4-3-5-8-11;3-1-5-2-4/h3-5,7-8H,2,6,9-10H2,1H3;5H,1-4H2. The van der Waals surface area contributed by atoms with Crippen LogP contribution in [0.5, 0.6) is 0 Å². The first-order chi connectivity index (χ1) is 9.24. The second-order valence-corrected chi connectivity index (χ2v) is 4.50. The number of hydrogen-bond donors (Lipinski definition) is 0. The average molecular weight is 258 g/mol. The third-order valence-corrected chi connectivity index (χ3v) is 2.70. The highest BCUT2D eigenvalue weighted by molar-refractivity contribution is 6.54. The Labute approximate surface area is 120 Å². The minimum atomic E-state index is -0.0940. The molecule has 0 amide bonds. The SMILES string of the molecule is BCBCB.CCOC(=O)CCCc1ccccc1. The van der Waals surface area contributed by atoms with Crippen LogP contribution in [0.3, 0.4) is 0 Å². The van der Waals surface area contributed by atoms with Gasteiger partial charge in [-0.1, -0.05) is 30.3 Å². The van der Waals surface area contributed by atoms with Gasteiger partial charge in [-0.25, -0.2) is 0 Å². The fourth-order valence-electron chi connectivity index (χ4n) is 1.67. The number of benzene rings is 1. The molecule has 102 valence electrons. The lowest BCUT2D eigenvalue weighted by atomic mass is 9.58. The number of esters is 1. The predicted octanol–water partition coefficient (Wildman–Crippen LogP) is 1.01. The number of carbonyl (C=O) groups excluding carboxylic acids is 1. The number of carbonyl (C=O) groups is 1. The summed E-state index contributed by atoms with van der Waals surface area (Å²) in [6.07, 6.45) is 5.01. The zero-order chi connectivity index (χ0) is 14.3. The van der Waals surface area contributed by atoms with Crippen molar-refractivity contribution in [3.05, 3.63) is 35.9 Å². The molecule has 0 saturated carbocycles. The van der Waals surface area contributed by atoms with Gasteiger partial charge >= 0.3 is 5.97 Å². The van der Waals surface area contributed by atoms with Crippen LogP contribution >= 0.6 is 0 Å². The molecule has 1 rings (SSSR count). The Kier molecular flexibility index (Phi) is 12.5. The largest absolute Gasteiger partial charge is 0.466 e. The van der Waals surface area contributed by atoms with Gasteiger partial charge in [0.2, 0.25) is 0 Å². The Bertz CT molecular complexity index is 316. The van der Waals surface area contributed by atoms with Gasteiger partial charge in [-0.2, -0.15) is 0 Å². The summed E-state index contributed by atoms with van der Waals surface area (Å²) < 4.78 is 4.84. The van der Waals surface area contributed by atoms with E-state index in [1.54, 1.807) is 0 Å². The summed E-state index contributed by atoms with van der Waals surface area (Å²) in [5, 5.41) is 0. The molecule has 0 heterocycles. The van der Waals surface area contributed by atoms with Gasteiger partial charge in [0.15, 0.2) is 0 Å². The number of ether oxygens (including phenoxy) is 1. The number of hydrogen-bond acceptors (Lipinski definition) is 2. The van der Waals surface area contributed by atoms with Gasteiger partial charge in [0.05, 0.1) is 22.3 Å². The van der Waals surface area contributed by atoms with Gasteiger partial charge in [0.25, 0.3) is 0 Å². The van der Waals surface area contributed by atoms with E-state index in [9.17, 15) is 4.79 Å². The maximum atomic E-state index is 11.0. The molecule has 5 heteroatoms. The Balaban J connectivity index is 0.000000555. The number of rotatable bonds is 7. The lowest BCUT2D eigenvalue weighted by Crippen LogP contribution is -2.03. The van der Waals surface area contributed by atoms with Crippen LogP contribution < -0.4 is 0 Å². The smallest absolute Gasteiger partial charge is 0.305 e. The second-order valence-electron chi connectivity index (χ2n) is 4.50. The molecule has 1 aromatic carbocycles. The van der Waals surface area contributed by atoms with Crippen molar-refractivity contribution in [2.75, 3.05) is 6.61 Å². The fourth-order valence-corrected chi connectivity index (χ4v) is 1.67. The summed E-state index contributed by atoms with van der Waals surface area (Å²) >= 11 is 0. The normalized spacial score (nSPS) is 9.11. The van der Waals surface area contributed by atoms with E-state index in [0.29, 0.717) is 13.0 Å². The van der Waals surface area contributed by atoms with E-state index in [-0.39, 0.29) is 5.97 Å². The van der Waals surface area contributed by atoms with Crippen LogP contribution in [0.15, 0.2) is 30.3 Å². The van der Waals surface area contributed by atoms with Crippen molar-refractivity contribution in [3.8, 4) is 0 Å². The molecule has 0 N–H and O–H groups in total. The molecule has 2 nitrogen and oxygen atoms in total. The Morgan fingerprint density at radius 3 is 2.32 bits per heavy atom. The quantitative estimate of drug-likeness (QED) is 0.539. The first kappa shape index (κ1) is 17.9. The van der Waals surface area contributed by atoms with Gasteiger partial charge in [-0.3, -0.25) is 4.79 Å². The molecule has 0 spiro atoms. The van der Waals surface area contributed by atoms with Crippen LogP contribution in [-0.4, -0.2) is 35.5 Å². The van der Waals surface area contributed by atoms with Crippen LogP contribution in [0.25, 0.3) is 0 Å². The van der Waals surface area contributed by atoms with E-state index in [1.165, 1.54) is 25.3 Å². The van der Waals surface area contributed by atoms with E-state index < -0.39 is 0 Å². The topological polar surface area (TPSA) is 26.3 Å². The molecule has 0 bridgehead atoms. The lowest BCUT2D eigenvalue weighted by molar-refractivity contribution is -0.143. The molecule has 0 aliphatic rings. The third-order valence-electron chi connectivity index (χ3n) is 2.70. The zero-order valence-electron chi connectivity index (χ0n) is 12.7. The molecular formula is C14H25B3O2. The van der Waals surface area contributed by atoms with Crippen molar-refractivity contribution < 1.29 is 9.53 Å². The number of aryl methyl sites for hydroxylation is 1. The van der Waals surface area contributed by atoms with E-state index in [0.717, 1.165) is 12.8 Å². The summed E-state index contributed by atoms with van der Waals surface area (Å²) in [5.74, 6) is -0.0940. The van der Waals surface area contributed by atoms with E-state index in [1.807, 2.05) is 25.1 Å². The highest BCUT2D eigenvalue weighted by Gasteiger charge is 2.00. The Morgan fingerprint density at radius 1 is 1.21 bits per heavy atom. The minimum Gasteiger partial charge on any atom is -0.466 e. The second kappa shape index (κ2) is 13.3. The maximum Gasteiger partial charge on any atom is 0.305 e. The van der Waals surface area contributed by atoms with Crippen molar-refractivity contribution in [1.82, 2.24) is 0 Å². The molecule has 0 aliphatic carbocycles. The summed E-state index contributed by atoms with van der Waals surface area (Å²) in [6, 6.07) is 10.2. The lowest BCUT2D eigenvalue weighted by Gasteiger charge is -2.01. The zero-order valence-corrected chi connectivity index (χ0v) is 12.7. The fraction of sp³-hybridized carbons (Fsp3) is 0.500. The first-order valence-electron chi connectivity index (χ1n) is 7.44. The van der Waals surface area contributed by atoms with Crippen molar-refractivity contribution in [1.29, 1.82) is 0 Å². The van der Waals surface area contributed by atoms with Crippen LogP contribution in [0, 0.1) is 0 Å². The molecule has 0 unspecified atom stereocenters. The molecule has 0 atom stereocenters. The Morgan fingerprint density at radius 2 is 1.84 bits per heavy atom. The van der Waals surface area contributed by atoms with E-state index in [4.69, 9.17) is 4.74 Å². The van der Waals surface area contributed by atoms with Crippen molar-refractivity contribution in [3.63, 3.8) is 0 Å². The highest BCUT2D eigenvalue weighted by Crippen LogP contribution is 2.04. The third kappa shape index (κ3) is 11.7. The molecule has 19 heavy (non-hydrogen) atoms. The van der Waals surface area contributed by atoms with Gasteiger partial charge in [0.1, 0.15) is 7.28 Å². The predicted molar refractivity (Wildman–Crippen MR) is 89.9 cm³/mol. The van der Waals surface area contributed by atoms with Crippen LogP contribution in [0.4, 0.5) is 0 Å². The van der Waals surface area contributed by atoms with E-state index in [2.05, 4.69) is 27.8 Å². The molecule has 0 saturated heterocycles. The van der Waals surface area contributed by atoms with E-state index >= 15 is 0 Å². The van der Waals surface area contributed by atoms with Crippen LogP contribution in [0.1, 0.15) is 25.3 Å². The molecule has 0 aromatic heterocycles. The van der Waals surface area contributed by atoms with Crippen LogP contribution in [-0.2, 0) is 16.0 Å². The molecule has 0 fully saturated rings. The van der Waals surface area contributed by atoms with Crippen molar-refractivity contribution in [2.24, 2.45) is 0 Å². The van der Waals surface area contributed by atoms with Gasteiger partial charge in [-0.15, -0.1) is 12.4 Å². The molecule has 1 aromatic rings. The van der Waals surface area contributed by atoms with Gasteiger partial charge in [-0.05, 0) is 25.3 Å². The van der Waals surface area contributed by atoms with Crippen molar-refractivity contribution in [2.45, 2.75) is 38.6 Å². The maximum absolute atomic E-state index is 11.0.